The Kier molecular flexibility index (Phi) is 6.72. The molecule has 3 rings (SSSR count). The first-order valence-electron chi connectivity index (χ1n) is 9.66. The Morgan fingerprint density at radius 1 is 0.867 bits per heavy atom. The monoisotopic (exact) mass is 412 g/mol. The second kappa shape index (κ2) is 9.43. The van der Waals surface area contributed by atoms with Crippen LogP contribution in [0.4, 0.5) is 4.39 Å². The van der Waals surface area contributed by atoms with Gasteiger partial charge in [-0.3, -0.25) is 9.59 Å². The molecule has 0 spiro atoms. The van der Waals surface area contributed by atoms with Crippen molar-refractivity contribution < 1.29 is 23.5 Å². The lowest BCUT2D eigenvalue weighted by Gasteiger charge is -2.34. The molecule has 0 aliphatic carbocycles. The van der Waals surface area contributed by atoms with Gasteiger partial charge in [-0.25, -0.2) is 4.39 Å². The quantitative estimate of drug-likeness (QED) is 0.708. The maximum absolute atomic E-state index is 13.1. The minimum absolute atomic E-state index is 0.119. The Hall–Kier alpha value is -3.35. The Morgan fingerprint density at radius 3 is 1.93 bits per heavy atom. The molecule has 0 unspecified atom stereocenters. The van der Waals surface area contributed by atoms with Crippen LogP contribution in [0.1, 0.15) is 22.8 Å². The first-order chi connectivity index (χ1) is 14.4. The van der Waals surface area contributed by atoms with Gasteiger partial charge in [0.2, 0.25) is 5.91 Å². The molecule has 0 bridgehead atoms. The number of rotatable bonds is 5. The lowest BCUT2D eigenvalue weighted by molar-refractivity contribution is -0.127. The van der Waals surface area contributed by atoms with Gasteiger partial charge in [0.25, 0.3) is 5.91 Å². The van der Waals surface area contributed by atoms with Gasteiger partial charge in [-0.05, 0) is 42.3 Å². The number of hydrogen-bond donors (Lipinski definition) is 0. The number of nitrogens with zero attached hydrogens (tertiary/aromatic N) is 2. The summed E-state index contributed by atoms with van der Waals surface area (Å²) in [4.78, 5) is 28.9. The van der Waals surface area contributed by atoms with Gasteiger partial charge in [0.15, 0.2) is 0 Å². The number of halogens is 1. The highest BCUT2D eigenvalue weighted by atomic mass is 19.1. The molecule has 1 aliphatic rings. The molecule has 2 aromatic rings. The van der Waals surface area contributed by atoms with Crippen LogP contribution in [0.3, 0.4) is 0 Å². The smallest absolute Gasteiger partial charge is 0.254 e. The summed E-state index contributed by atoms with van der Waals surface area (Å²) in [6.07, 6.45) is 1.55. The standard InChI is InChI=1S/C23H25FN2O4/c1-16(17-4-6-19(24)7-5-17)12-22(27)25-8-10-26(11-9-25)23(28)18-13-20(29-2)15-21(14-18)30-3/h4-7,12-15H,8-11H2,1-3H3/b16-12-. The number of allylic oxidation sites excluding steroid dienone is 1. The van der Waals surface area contributed by atoms with Gasteiger partial charge in [0.05, 0.1) is 14.2 Å². The molecule has 1 heterocycles. The molecule has 0 atom stereocenters. The van der Waals surface area contributed by atoms with E-state index in [-0.39, 0.29) is 17.6 Å². The van der Waals surface area contributed by atoms with Crippen LogP contribution in [-0.2, 0) is 4.79 Å². The van der Waals surface area contributed by atoms with Crippen molar-refractivity contribution >= 4 is 17.4 Å². The van der Waals surface area contributed by atoms with Crippen LogP contribution in [0, 0.1) is 5.82 Å². The van der Waals surface area contributed by atoms with Gasteiger partial charge in [-0.15, -0.1) is 0 Å². The lowest BCUT2D eigenvalue weighted by atomic mass is 10.1. The summed E-state index contributed by atoms with van der Waals surface area (Å²) in [5.41, 5.74) is 2.05. The fraction of sp³-hybridized carbons (Fsp3) is 0.304. The predicted molar refractivity (Wildman–Crippen MR) is 112 cm³/mol. The fourth-order valence-electron chi connectivity index (χ4n) is 3.32. The van der Waals surface area contributed by atoms with E-state index in [0.717, 1.165) is 11.1 Å². The van der Waals surface area contributed by atoms with Crippen LogP contribution in [0.25, 0.3) is 5.57 Å². The van der Waals surface area contributed by atoms with E-state index in [1.54, 1.807) is 46.2 Å². The van der Waals surface area contributed by atoms with E-state index in [4.69, 9.17) is 9.47 Å². The van der Waals surface area contributed by atoms with E-state index in [2.05, 4.69) is 0 Å². The van der Waals surface area contributed by atoms with Gasteiger partial charge < -0.3 is 19.3 Å². The van der Waals surface area contributed by atoms with Crippen molar-refractivity contribution in [2.24, 2.45) is 0 Å². The summed E-state index contributed by atoms with van der Waals surface area (Å²) in [5, 5.41) is 0. The third-order valence-corrected chi connectivity index (χ3v) is 5.12. The first-order valence-corrected chi connectivity index (χ1v) is 9.66. The summed E-state index contributed by atoms with van der Waals surface area (Å²) in [5.74, 6) is 0.539. The summed E-state index contributed by atoms with van der Waals surface area (Å²) in [6, 6.07) is 11.1. The lowest BCUT2D eigenvalue weighted by Crippen LogP contribution is -2.50. The Morgan fingerprint density at radius 2 is 1.40 bits per heavy atom. The molecular weight excluding hydrogens is 387 g/mol. The number of benzene rings is 2. The molecule has 0 saturated carbocycles. The number of carbonyl (C=O) groups is 2. The van der Waals surface area contributed by atoms with Crippen molar-refractivity contribution in [1.29, 1.82) is 0 Å². The highest BCUT2D eigenvalue weighted by molar-refractivity contribution is 5.96. The average Bonchev–Trinajstić information content (AvgIpc) is 2.78. The highest BCUT2D eigenvalue weighted by Gasteiger charge is 2.25. The van der Waals surface area contributed by atoms with Crippen molar-refractivity contribution in [2.45, 2.75) is 6.92 Å². The number of hydrogen-bond acceptors (Lipinski definition) is 4. The molecule has 1 saturated heterocycles. The molecular formula is C23H25FN2O4. The van der Waals surface area contributed by atoms with Gasteiger partial charge in [-0.2, -0.15) is 0 Å². The van der Waals surface area contributed by atoms with Crippen molar-refractivity contribution in [2.75, 3.05) is 40.4 Å². The van der Waals surface area contributed by atoms with Crippen LogP contribution < -0.4 is 9.47 Å². The highest BCUT2D eigenvalue weighted by Crippen LogP contribution is 2.24. The zero-order valence-corrected chi connectivity index (χ0v) is 17.4. The third kappa shape index (κ3) is 4.97. The van der Waals surface area contributed by atoms with E-state index >= 15 is 0 Å². The van der Waals surface area contributed by atoms with Crippen LogP contribution in [0.15, 0.2) is 48.5 Å². The topological polar surface area (TPSA) is 59.1 Å². The molecule has 7 heteroatoms. The number of amides is 2. The summed E-state index contributed by atoms with van der Waals surface area (Å²) >= 11 is 0. The maximum Gasteiger partial charge on any atom is 0.254 e. The molecule has 2 amide bonds. The van der Waals surface area contributed by atoms with E-state index in [1.165, 1.54) is 26.4 Å². The molecule has 30 heavy (non-hydrogen) atoms. The number of ether oxygens (including phenoxy) is 2. The van der Waals surface area contributed by atoms with Crippen LogP contribution in [0.2, 0.25) is 0 Å². The van der Waals surface area contributed by atoms with Gasteiger partial charge in [0, 0.05) is 43.9 Å². The number of methoxy groups -OCH3 is 2. The fourth-order valence-corrected chi connectivity index (χ4v) is 3.32. The van der Waals surface area contributed by atoms with Crippen molar-refractivity contribution in [3.05, 3.63) is 65.5 Å². The maximum atomic E-state index is 13.1. The molecule has 1 aliphatic heterocycles. The van der Waals surface area contributed by atoms with Gasteiger partial charge in [0.1, 0.15) is 17.3 Å². The van der Waals surface area contributed by atoms with Crippen LogP contribution >= 0.6 is 0 Å². The molecule has 158 valence electrons. The third-order valence-electron chi connectivity index (χ3n) is 5.12. The molecule has 6 nitrogen and oxygen atoms in total. The van der Waals surface area contributed by atoms with Crippen LogP contribution in [0.5, 0.6) is 11.5 Å². The summed E-state index contributed by atoms with van der Waals surface area (Å²) in [6.45, 7) is 3.58. The molecule has 2 aromatic carbocycles. The normalized spacial score (nSPS) is 14.5. The molecule has 0 radical (unpaired) electrons. The van der Waals surface area contributed by atoms with Gasteiger partial charge in [-0.1, -0.05) is 12.1 Å². The first kappa shape index (κ1) is 21.4. The number of piperazine rings is 1. The number of carbonyl (C=O) groups excluding carboxylic acids is 2. The van der Waals surface area contributed by atoms with Crippen LogP contribution in [-0.4, -0.2) is 62.0 Å². The second-order valence-corrected chi connectivity index (χ2v) is 7.05. The van der Waals surface area contributed by atoms with Gasteiger partial charge >= 0.3 is 0 Å². The minimum atomic E-state index is -0.313. The van der Waals surface area contributed by atoms with E-state index < -0.39 is 0 Å². The van der Waals surface area contributed by atoms with E-state index in [9.17, 15) is 14.0 Å². The predicted octanol–water partition coefficient (Wildman–Crippen LogP) is 3.23. The second-order valence-electron chi connectivity index (χ2n) is 7.05. The molecule has 1 fully saturated rings. The Bertz CT molecular complexity index is 926. The van der Waals surface area contributed by atoms with E-state index in [0.29, 0.717) is 43.2 Å². The minimum Gasteiger partial charge on any atom is -0.497 e. The zero-order valence-electron chi connectivity index (χ0n) is 17.4. The van der Waals surface area contributed by atoms with Crippen molar-refractivity contribution in [3.8, 4) is 11.5 Å². The Balaban J connectivity index is 1.63. The SMILES string of the molecule is COc1cc(OC)cc(C(=O)N2CCN(C(=O)/C=C(/C)c3ccc(F)cc3)CC2)c1. The van der Waals surface area contributed by atoms with E-state index in [1.807, 2.05) is 6.92 Å². The molecule has 0 aromatic heterocycles. The average molecular weight is 412 g/mol. The summed E-state index contributed by atoms with van der Waals surface area (Å²) < 4.78 is 23.5. The Labute approximate surface area is 175 Å². The summed E-state index contributed by atoms with van der Waals surface area (Å²) in [7, 11) is 3.07. The van der Waals surface area contributed by atoms with Crippen molar-refractivity contribution in [1.82, 2.24) is 9.80 Å². The largest absolute Gasteiger partial charge is 0.497 e. The van der Waals surface area contributed by atoms with Crippen molar-refractivity contribution in [3.63, 3.8) is 0 Å². The molecule has 0 N–H and O–H groups in total. The zero-order chi connectivity index (χ0) is 21.7.